The highest BCUT2D eigenvalue weighted by atomic mass is 32.1. The fourth-order valence-corrected chi connectivity index (χ4v) is 6.01. The summed E-state index contributed by atoms with van der Waals surface area (Å²) in [5.74, 6) is -0.329. The average Bonchev–Trinajstić information content (AvgIpc) is 3.34. The molecule has 7 nitrogen and oxygen atoms in total. The van der Waals surface area contributed by atoms with E-state index in [9.17, 15) is 9.18 Å². The number of epoxide rings is 1. The van der Waals surface area contributed by atoms with E-state index in [-0.39, 0.29) is 11.9 Å². The first kappa shape index (κ1) is 21.7. The zero-order chi connectivity index (χ0) is 22.3. The number of halogens is 1. The van der Waals surface area contributed by atoms with E-state index in [1.165, 1.54) is 23.5 Å². The highest BCUT2D eigenvalue weighted by Gasteiger charge is 2.70. The van der Waals surface area contributed by atoms with Crippen molar-refractivity contribution in [2.24, 2.45) is 0 Å². The molecule has 31 heavy (non-hydrogen) atoms. The second-order valence-corrected chi connectivity index (χ2v) is 9.59. The molecule has 5 atom stereocenters. The summed E-state index contributed by atoms with van der Waals surface area (Å²) in [5.41, 5.74) is 2.30. The number of hydrogen-bond donors (Lipinski definition) is 1. The fraction of sp³-hybridized carbons (Fsp3) is 0.455. The van der Waals surface area contributed by atoms with Crippen LogP contribution in [0.1, 0.15) is 18.4 Å². The van der Waals surface area contributed by atoms with Crippen LogP contribution in [0.2, 0.25) is 0 Å². The lowest BCUT2D eigenvalue weighted by atomic mass is 9.96. The number of amides is 1. The number of thiophene rings is 1. The summed E-state index contributed by atoms with van der Waals surface area (Å²) in [4.78, 5) is 21.8. The maximum atomic E-state index is 13.8. The Morgan fingerprint density at radius 1 is 1.29 bits per heavy atom. The summed E-state index contributed by atoms with van der Waals surface area (Å²) in [6.45, 7) is 1.48. The molecule has 0 saturated carbocycles. The molecular weight excluding hydrogens is 423 g/mol. The van der Waals surface area contributed by atoms with E-state index in [1.807, 2.05) is 18.4 Å². The summed E-state index contributed by atoms with van der Waals surface area (Å²) in [6, 6.07) is 7.17. The van der Waals surface area contributed by atoms with Gasteiger partial charge in [-0.25, -0.2) is 9.18 Å². The molecule has 3 aliphatic heterocycles. The van der Waals surface area contributed by atoms with Crippen molar-refractivity contribution in [1.82, 2.24) is 0 Å². The van der Waals surface area contributed by atoms with Gasteiger partial charge in [-0.2, -0.15) is 0 Å². The van der Waals surface area contributed by atoms with Gasteiger partial charge in [0, 0.05) is 29.8 Å². The van der Waals surface area contributed by atoms with Crippen LogP contribution >= 0.6 is 11.3 Å². The van der Waals surface area contributed by atoms with E-state index in [0.717, 1.165) is 27.8 Å². The maximum absolute atomic E-state index is 13.8. The molecule has 1 N–H and O–H groups in total. The first-order valence-corrected chi connectivity index (χ1v) is 11.0. The van der Waals surface area contributed by atoms with Gasteiger partial charge in [-0.15, -0.1) is 11.3 Å². The van der Waals surface area contributed by atoms with E-state index >= 15 is 0 Å². The summed E-state index contributed by atoms with van der Waals surface area (Å²) in [5, 5.41) is 13.0. The van der Waals surface area contributed by atoms with Gasteiger partial charge in [-0.3, -0.25) is 5.32 Å². The molecule has 3 saturated heterocycles. The Kier molecular flexibility index (Phi) is 5.76. The molecule has 0 spiro atoms. The van der Waals surface area contributed by atoms with Crippen LogP contribution in [0.5, 0.6) is 0 Å². The molecule has 166 valence electrons. The Morgan fingerprint density at radius 2 is 1.94 bits per heavy atom. The van der Waals surface area contributed by atoms with Crippen LogP contribution in [-0.2, 0) is 14.3 Å². The smallest absolute Gasteiger partial charge is 0.411 e. The van der Waals surface area contributed by atoms with Crippen LogP contribution in [0.4, 0.5) is 14.9 Å². The number of aryl methyl sites for hydroxylation is 1. The Labute approximate surface area is 184 Å². The minimum Gasteiger partial charge on any atom is -0.554 e. The number of benzene rings is 1. The van der Waals surface area contributed by atoms with E-state index in [1.54, 1.807) is 6.07 Å². The van der Waals surface area contributed by atoms with E-state index < -0.39 is 12.6 Å². The van der Waals surface area contributed by atoms with Crippen molar-refractivity contribution < 1.29 is 33.0 Å². The summed E-state index contributed by atoms with van der Waals surface area (Å²) in [6.07, 6.45) is 1.69. The summed E-state index contributed by atoms with van der Waals surface area (Å²) in [7, 11) is 4.49. The Hall–Kier alpha value is -2.49. The van der Waals surface area contributed by atoms with Gasteiger partial charge >= 0.3 is 6.09 Å². The number of morpholine rings is 1. The molecule has 4 heterocycles. The second kappa shape index (κ2) is 8.22. The quantitative estimate of drug-likeness (QED) is 0.443. The van der Waals surface area contributed by atoms with Crippen molar-refractivity contribution in [2.75, 3.05) is 19.4 Å². The number of likely N-dealkylation sites (N-methyl/N-ethyl adjacent to an activating group) is 1. The third-order valence-corrected chi connectivity index (χ3v) is 7.69. The second-order valence-electron chi connectivity index (χ2n) is 8.67. The molecule has 2 bridgehead atoms. The van der Waals surface area contributed by atoms with Gasteiger partial charge in [0.05, 0.1) is 19.8 Å². The van der Waals surface area contributed by atoms with Crippen molar-refractivity contribution in [3.63, 3.8) is 0 Å². The zero-order valence-electron chi connectivity index (χ0n) is 17.5. The molecule has 1 aromatic carbocycles. The number of hydrogen-bond acceptors (Lipinski definition) is 6. The number of carboxylic acid groups (broad SMARTS) is 1. The van der Waals surface area contributed by atoms with Gasteiger partial charge in [0.1, 0.15) is 36.2 Å². The Balaban J connectivity index is 0.000000730. The van der Waals surface area contributed by atoms with Crippen LogP contribution in [0.25, 0.3) is 10.4 Å². The standard InChI is InChI=1S/C21H23FN2O3S.CH2O2/c1-11-6-7-28-20(11)14-8-12(22)4-5-15(14)23-21(25)26-13-9-16-18-19(27-18)17(10-13)24(16,2)3;2-1-3/h4-8,13,16-19H,9-10H2,1-3H3;1H,(H,2,3)/t13-,16-,17+,18-,19+;. The minimum absolute atomic E-state index is 0.107. The monoisotopic (exact) mass is 448 g/mol. The van der Waals surface area contributed by atoms with E-state index in [0.29, 0.717) is 35.5 Å². The lowest BCUT2D eigenvalue weighted by Crippen LogP contribution is -2.60. The molecule has 1 aromatic heterocycles. The van der Waals surface area contributed by atoms with E-state index in [4.69, 9.17) is 19.4 Å². The highest BCUT2D eigenvalue weighted by molar-refractivity contribution is 7.13. The molecule has 9 heteroatoms. The van der Waals surface area contributed by atoms with Gasteiger partial charge in [0.2, 0.25) is 0 Å². The molecule has 5 rings (SSSR count). The Morgan fingerprint density at radius 3 is 2.52 bits per heavy atom. The van der Waals surface area contributed by atoms with Crippen molar-refractivity contribution in [3.05, 3.63) is 41.0 Å². The van der Waals surface area contributed by atoms with Crippen LogP contribution in [0, 0.1) is 12.7 Å². The van der Waals surface area contributed by atoms with E-state index in [2.05, 4.69) is 19.4 Å². The highest BCUT2D eigenvalue weighted by Crippen LogP contribution is 2.51. The van der Waals surface area contributed by atoms with Gasteiger partial charge in [-0.05, 0) is 42.1 Å². The lowest BCUT2D eigenvalue weighted by molar-refractivity contribution is -0.938. The molecule has 0 radical (unpaired) electrons. The first-order chi connectivity index (χ1) is 14.8. The average molecular weight is 449 g/mol. The molecule has 3 fully saturated rings. The number of piperidine rings is 1. The number of fused-ring (bicyclic) bond motifs is 5. The van der Waals surface area contributed by atoms with Crippen LogP contribution in [-0.4, -0.2) is 61.5 Å². The van der Waals surface area contributed by atoms with Crippen molar-refractivity contribution in [1.29, 1.82) is 0 Å². The maximum Gasteiger partial charge on any atom is 0.411 e. The van der Waals surface area contributed by atoms with Crippen molar-refractivity contribution in [2.45, 2.75) is 50.2 Å². The summed E-state index contributed by atoms with van der Waals surface area (Å²) < 4.78 is 26.3. The molecule has 0 aliphatic carbocycles. The lowest BCUT2D eigenvalue weighted by Gasteiger charge is -2.45. The van der Waals surface area contributed by atoms with Gasteiger partial charge in [0.25, 0.3) is 0 Å². The zero-order valence-corrected chi connectivity index (χ0v) is 18.4. The number of anilines is 1. The predicted molar refractivity (Wildman–Crippen MR) is 112 cm³/mol. The fourth-order valence-electron chi connectivity index (χ4n) is 5.05. The number of nitrogens with zero attached hydrogens (tertiary/aromatic N) is 1. The van der Waals surface area contributed by atoms with Crippen LogP contribution < -0.4 is 10.4 Å². The number of carbonyl (C=O) groups is 2. The molecule has 0 unspecified atom stereocenters. The minimum atomic E-state index is -0.500. The summed E-state index contributed by atoms with van der Waals surface area (Å²) >= 11 is 1.53. The number of nitrogens with one attached hydrogen (secondary N) is 1. The van der Waals surface area contributed by atoms with Gasteiger partial charge < -0.3 is 23.9 Å². The van der Waals surface area contributed by atoms with Crippen molar-refractivity contribution in [3.8, 4) is 10.4 Å². The number of ether oxygens (including phenoxy) is 2. The van der Waals surface area contributed by atoms with Gasteiger partial charge in [-0.1, -0.05) is 0 Å². The van der Waals surface area contributed by atoms with Crippen LogP contribution in [0.3, 0.4) is 0 Å². The van der Waals surface area contributed by atoms with Gasteiger partial charge in [0.15, 0.2) is 0 Å². The van der Waals surface area contributed by atoms with Crippen LogP contribution in [0.15, 0.2) is 29.6 Å². The largest absolute Gasteiger partial charge is 0.554 e. The SMILES string of the molecule is Cc1ccsc1-c1cc(F)ccc1NC(=O)O[C@@H]1C[C@@H]2[C@H]3O[C@H]3[C@H](C1)[N+]2(C)C.O=C[O-]. The molecule has 2 aromatic rings. The molecule has 3 aliphatic rings. The predicted octanol–water partition coefficient (Wildman–Crippen LogP) is 2.53. The third kappa shape index (κ3) is 4.05. The number of rotatable bonds is 3. The Bertz CT molecular complexity index is 974. The topological polar surface area (TPSA) is 91.0 Å². The first-order valence-electron chi connectivity index (χ1n) is 10.1. The molecular formula is C22H25FN2O5S. The third-order valence-electron chi connectivity index (χ3n) is 6.64. The normalized spacial score (nSPS) is 29.2. The number of quaternary nitrogens is 1. The molecule has 1 amide bonds. The number of carbonyl (C=O) groups excluding carboxylic acids is 2. The van der Waals surface area contributed by atoms with Crippen molar-refractivity contribution >= 4 is 29.6 Å².